The van der Waals surface area contributed by atoms with Gasteiger partial charge in [0.2, 0.25) is 0 Å². The van der Waals surface area contributed by atoms with Gasteiger partial charge in [0.05, 0.1) is 11.0 Å². The first-order valence-electron chi connectivity index (χ1n) is 16.2. The normalized spacial score (nSPS) is 11.6. The van der Waals surface area contributed by atoms with E-state index < -0.39 is 0 Å². The van der Waals surface area contributed by atoms with E-state index in [1.54, 1.807) is 0 Å². The van der Waals surface area contributed by atoms with Gasteiger partial charge in [0.25, 0.3) is 0 Å². The Balaban J connectivity index is 1.26. The van der Waals surface area contributed by atoms with Crippen LogP contribution in [0, 0.1) is 0 Å². The van der Waals surface area contributed by atoms with Crippen LogP contribution in [0.25, 0.3) is 82.4 Å². The van der Waals surface area contributed by atoms with E-state index in [2.05, 4.69) is 162 Å². The molecule has 0 amide bonds. The molecule has 2 heterocycles. The van der Waals surface area contributed by atoms with Gasteiger partial charge in [-0.25, -0.2) is 4.98 Å². The maximum atomic E-state index is 4.91. The molecule has 0 spiro atoms. The zero-order valence-corrected chi connectivity index (χ0v) is 26.1. The molecular formula is C44H31N3. The Morgan fingerprint density at radius 1 is 0.511 bits per heavy atom. The predicted molar refractivity (Wildman–Crippen MR) is 197 cm³/mol. The number of aryl methyl sites for hydroxylation is 1. The number of hydrogen-bond donors (Lipinski definition) is 0. The van der Waals surface area contributed by atoms with Crippen LogP contribution in [-0.2, 0) is 6.42 Å². The van der Waals surface area contributed by atoms with E-state index in [9.17, 15) is 0 Å². The Bertz CT molecular complexity index is 2560. The number of pyridine rings is 1. The number of imidazole rings is 1. The summed E-state index contributed by atoms with van der Waals surface area (Å²) in [5, 5.41) is 7.42. The van der Waals surface area contributed by atoms with E-state index in [1.165, 1.54) is 60.1 Å². The molecule has 0 aliphatic rings. The van der Waals surface area contributed by atoms with E-state index in [1.807, 2.05) is 12.4 Å². The van der Waals surface area contributed by atoms with Gasteiger partial charge in [0.15, 0.2) is 0 Å². The van der Waals surface area contributed by atoms with Crippen molar-refractivity contribution < 1.29 is 0 Å². The SMILES string of the molecule is CCc1nc2ccccc2n1-c1ccc2cc(-c3c4ccccc4c(-c4ccccc4-c4ccncc4)c4ccccc34)ccc2c1. The molecule has 9 aromatic rings. The van der Waals surface area contributed by atoms with Crippen LogP contribution in [0.4, 0.5) is 0 Å². The highest BCUT2D eigenvalue weighted by Gasteiger charge is 2.19. The van der Waals surface area contributed by atoms with Crippen LogP contribution in [0.15, 0.2) is 158 Å². The van der Waals surface area contributed by atoms with E-state index in [4.69, 9.17) is 4.98 Å². The zero-order valence-electron chi connectivity index (χ0n) is 26.1. The number of fused-ring (bicyclic) bond motifs is 4. The van der Waals surface area contributed by atoms with Crippen molar-refractivity contribution in [1.29, 1.82) is 0 Å². The van der Waals surface area contributed by atoms with Crippen LogP contribution in [0.1, 0.15) is 12.7 Å². The van der Waals surface area contributed by atoms with Gasteiger partial charge in [-0.05, 0) is 108 Å². The van der Waals surface area contributed by atoms with E-state index in [0.717, 1.165) is 34.5 Å². The van der Waals surface area contributed by atoms with Crippen molar-refractivity contribution in [1.82, 2.24) is 14.5 Å². The van der Waals surface area contributed by atoms with Crippen LogP contribution in [0.3, 0.4) is 0 Å². The van der Waals surface area contributed by atoms with Crippen molar-refractivity contribution >= 4 is 43.4 Å². The topological polar surface area (TPSA) is 30.7 Å². The molecule has 0 unspecified atom stereocenters. The van der Waals surface area contributed by atoms with Crippen molar-refractivity contribution in [3.8, 4) is 39.1 Å². The Morgan fingerprint density at radius 3 is 1.83 bits per heavy atom. The first kappa shape index (κ1) is 27.3. The zero-order chi connectivity index (χ0) is 31.3. The van der Waals surface area contributed by atoms with Crippen molar-refractivity contribution in [3.05, 3.63) is 164 Å². The maximum absolute atomic E-state index is 4.91. The second-order valence-corrected chi connectivity index (χ2v) is 12.1. The van der Waals surface area contributed by atoms with Gasteiger partial charge in [-0.3, -0.25) is 9.55 Å². The fourth-order valence-corrected chi connectivity index (χ4v) is 7.34. The van der Waals surface area contributed by atoms with Crippen molar-refractivity contribution in [2.45, 2.75) is 13.3 Å². The average molecular weight is 602 g/mol. The number of nitrogens with zero attached hydrogens (tertiary/aromatic N) is 3. The molecule has 3 nitrogen and oxygen atoms in total. The summed E-state index contributed by atoms with van der Waals surface area (Å²) in [6.07, 6.45) is 4.61. The monoisotopic (exact) mass is 601 g/mol. The number of rotatable bonds is 5. The molecule has 0 radical (unpaired) electrons. The van der Waals surface area contributed by atoms with Crippen LogP contribution >= 0.6 is 0 Å². The smallest absolute Gasteiger partial charge is 0.114 e. The number of aromatic nitrogens is 3. The van der Waals surface area contributed by atoms with Gasteiger partial charge in [0.1, 0.15) is 5.82 Å². The van der Waals surface area contributed by atoms with Crippen LogP contribution in [0.2, 0.25) is 0 Å². The van der Waals surface area contributed by atoms with Crippen molar-refractivity contribution in [2.24, 2.45) is 0 Å². The lowest BCUT2D eigenvalue weighted by molar-refractivity contribution is 0.909. The molecular weight excluding hydrogens is 571 g/mol. The summed E-state index contributed by atoms with van der Waals surface area (Å²) in [5.41, 5.74) is 10.7. The van der Waals surface area contributed by atoms with Gasteiger partial charge >= 0.3 is 0 Å². The molecule has 0 saturated carbocycles. The number of benzene rings is 7. The summed E-state index contributed by atoms with van der Waals surface area (Å²) in [6.45, 7) is 2.17. The first-order chi connectivity index (χ1) is 23.3. The van der Waals surface area contributed by atoms with E-state index in [-0.39, 0.29) is 0 Å². The fourth-order valence-electron chi connectivity index (χ4n) is 7.34. The van der Waals surface area contributed by atoms with Crippen molar-refractivity contribution in [2.75, 3.05) is 0 Å². The molecule has 0 N–H and O–H groups in total. The maximum Gasteiger partial charge on any atom is 0.114 e. The Hall–Kier alpha value is -6.06. The summed E-state index contributed by atoms with van der Waals surface area (Å²) >= 11 is 0. The lowest BCUT2D eigenvalue weighted by atomic mass is 9.83. The molecule has 7 aromatic carbocycles. The standard InChI is InChI=1S/C44H31N3/c1-2-42-46-40-17-9-10-18-41(40)47(42)33-22-21-30-27-32(20-19-31(30)28-33)43-36-13-5-7-15-38(36)44(39-16-8-6-14-37(39)43)35-12-4-3-11-34(35)29-23-25-45-26-24-29/h3-28H,2H2,1H3. The molecule has 222 valence electrons. The molecule has 3 heteroatoms. The lowest BCUT2D eigenvalue weighted by Gasteiger charge is -2.20. The summed E-state index contributed by atoms with van der Waals surface area (Å²) in [6, 6.07) is 52.8. The second kappa shape index (κ2) is 11.1. The molecule has 0 atom stereocenters. The molecule has 0 aliphatic carbocycles. The Morgan fingerprint density at radius 2 is 1.11 bits per heavy atom. The molecule has 0 bridgehead atoms. The molecule has 0 saturated heterocycles. The third-order valence-corrected chi connectivity index (χ3v) is 9.44. The quantitative estimate of drug-likeness (QED) is 0.184. The van der Waals surface area contributed by atoms with Crippen molar-refractivity contribution in [3.63, 3.8) is 0 Å². The third kappa shape index (κ3) is 4.43. The fraction of sp³-hybridized carbons (Fsp3) is 0.0455. The summed E-state index contributed by atoms with van der Waals surface area (Å²) in [5.74, 6) is 1.07. The Kier molecular flexibility index (Phi) is 6.43. The minimum absolute atomic E-state index is 0.870. The van der Waals surface area contributed by atoms with Crippen LogP contribution in [0.5, 0.6) is 0 Å². The van der Waals surface area contributed by atoms with E-state index >= 15 is 0 Å². The average Bonchev–Trinajstić information content (AvgIpc) is 3.53. The van der Waals surface area contributed by atoms with Gasteiger partial charge in [-0.15, -0.1) is 0 Å². The molecule has 0 fully saturated rings. The summed E-state index contributed by atoms with van der Waals surface area (Å²) < 4.78 is 2.30. The first-order valence-corrected chi connectivity index (χ1v) is 16.2. The van der Waals surface area contributed by atoms with Crippen LogP contribution in [-0.4, -0.2) is 14.5 Å². The van der Waals surface area contributed by atoms with Gasteiger partial charge < -0.3 is 0 Å². The van der Waals surface area contributed by atoms with Gasteiger partial charge in [0, 0.05) is 24.5 Å². The second-order valence-electron chi connectivity index (χ2n) is 12.1. The lowest BCUT2D eigenvalue weighted by Crippen LogP contribution is -2.00. The highest BCUT2D eigenvalue weighted by atomic mass is 15.1. The van der Waals surface area contributed by atoms with Gasteiger partial charge in [-0.1, -0.05) is 110 Å². The highest BCUT2D eigenvalue weighted by molar-refractivity contribution is 6.22. The summed E-state index contributed by atoms with van der Waals surface area (Å²) in [7, 11) is 0. The molecule has 9 rings (SSSR count). The minimum atomic E-state index is 0.870. The molecule has 2 aromatic heterocycles. The van der Waals surface area contributed by atoms with E-state index in [0.29, 0.717) is 0 Å². The van der Waals surface area contributed by atoms with Crippen LogP contribution < -0.4 is 0 Å². The summed E-state index contributed by atoms with van der Waals surface area (Å²) in [4.78, 5) is 9.18. The third-order valence-electron chi connectivity index (χ3n) is 9.44. The highest BCUT2D eigenvalue weighted by Crippen LogP contribution is 2.46. The van der Waals surface area contributed by atoms with Gasteiger partial charge in [-0.2, -0.15) is 0 Å². The molecule has 0 aliphatic heterocycles. The number of hydrogen-bond acceptors (Lipinski definition) is 2. The number of para-hydroxylation sites is 2. The predicted octanol–water partition coefficient (Wildman–Crippen LogP) is 11.4. The Labute approximate surface area is 273 Å². The molecule has 47 heavy (non-hydrogen) atoms. The minimum Gasteiger partial charge on any atom is -0.296 e. The largest absolute Gasteiger partial charge is 0.296 e.